The summed E-state index contributed by atoms with van der Waals surface area (Å²) in [7, 11) is 0. The van der Waals surface area contributed by atoms with Crippen LogP contribution >= 0.6 is 0 Å². The van der Waals surface area contributed by atoms with Gasteiger partial charge in [-0.2, -0.15) is 0 Å². The number of carbonyl (C=O) groups is 4. The van der Waals surface area contributed by atoms with Gasteiger partial charge in [-0.15, -0.1) is 0 Å². The molecule has 0 unspecified atom stereocenters. The number of rotatable bonds is 4. The van der Waals surface area contributed by atoms with Crippen LogP contribution in [0.4, 0.5) is 9.59 Å². The molecule has 2 saturated heterocycles. The van der Waals surface area contributed by atoms with Crippen LogP contribution in [0.15, 0.2) is 12.2 Å². The summed E-state index contributed by atoms with van der Waals surface area (Å²) in [5, 5.41) is 0. The van der Waals surface area contributed by atoms with Crippen LogP contribution in [0.1, 0.15) is 27.7 Å². The van der Waals surface area contributed by atoms with Crippen molar-refractivity contribution >= 4 is 24.0 Å². The van der Waals surface area contributed by atoms with Crippen molar-refractivity contribution in [1.29, 1.82) is 0 Å². The fourth-order valence-corrected chi connectivity index (χ4v) is 2.66. The summed E-state index contributed by atoms with van der Waals surface area (Å²) in [5.41, 5.74) is 0. The van der Waals surface area contributed by atoms with Gasteiger partial charge in [0.2, 0.25) is 0 Å². The smallest absolute Gasteiger partial charge is 0.417 e. The molecule has 0 saturated carbocycles. The minimum Gasteiger partial charge on any atom is -0.447 e. The van der Waals surface area contributed by atoms with E-state index in [0.29, 0.717) is 0 Å². The molecule has 0 aromatic carbocycles. The highest BCUT2D eigenvalue weighted by Gasteiger charge is 2.40. The van der Waals surface area contributed by atoms with Crippen molar-refractivity contribution in [1.82, 2.24) is 9.80 Å². The number of hydrogen-bond acceptors (Lipinski definition) is 6. The average molecular weight is 338 g/mol. The standard InChI is InChI=1S/C16H22N2O6/c1-9(2)11-7-23-15(21)17(11)13(19)5-6-14(20)18-12(10(3)4)8-24-16(18)22/h5-6,9-12H,7-8H2,1-4H3/b6-5+/t11-,12-/m1/s1. The first-order valence-electron chi connectivity index (χ1n) is 7.92. The summed E-state index contributed by atoms with van der Waals surface area (Å²) >= 11 is 0. The van der Waals surface area contributed by atoms with Gasteiger partial charge in [0.25, 0.3) is 11.8 Å². The molecule has 2 aliphatic rings. The van der Waals surface area contributed by atoms with Crippen molar-refractivity contribution < 1.29 is 28.7 Å². The number of imide groups is 2. The molecule has 0 bridgehead atoms. The molecule has 132 valence electrons. The molecule has 2 atom stereocenters. The second kappa shape index (κ2) is 7.02. The first-order chi connectivity index (χ1) is 11.2. The molecule has 0 spiro atoms. The Balaban J connectivity index is 2.09. The molecule has 0 aliphatic carbocycles. The normalized spacial score (nSPS) is 24.2. The third kappa shape index (κ3) is 3.42. The van der Waals surface area contributed by atoms with Crippen LogP contribution in [0, 0.1) is 11.8 Å². The summed E-state index contributed by atoms with van der Waals surface area (Å²) in [6, 6.07) is -0.741. The van der Waals surface area contributed by atoms with Crippen LogP contribution in [0.3, 0.4) is 0 Å². The van der Waals surface area contributed by atoms with Gasteiger partial charge in [-0.3, -0.25) is 9.59 Å². The van der Waals surface area contributed by atoms with E-state index in [4.69, 9.17) is 9.47 Å². The Morgan fingerprint density at radius 1 is 0.875 bits per heavy atom. The van der Waals surface area contributed by atoms with Crippen molar-refractivity contribution in [3.8, 4) is 0 Å². The molecule has 0 aromatic heterocycles. The number of hydrogen-bond donors (Lipinski definition) is 0. The minimum absolute atomic E-state index is 0.0309. The zero-order chi connectivity index (χ0) is 18.0. The molecule has 4 amide bonds. The van der Waals surface area contributed by atoms with E-state index in [1.165, 1.54) is 0 Å². The van der Waals surface area contributed by atoms with Crippen LogP contribution < -0.4 is 0 Å². The lowest BCUT2D eigenvalue weighted by Gasteiger charge is -2.22. The summed E-state index contributed by atoms with van der Waals surface area (Å²) in [6.45, 7) is 7.75. The van der Waals surface area contributed by atoms with Gasteiger partial charge in [0.05, 0.1) is 12.1 Å². The fourth-order valence-electron chi connectivity index (χ4n) is 2.66. The van der Waals surface area contributed by atoms with Crippen LogP contribution in [-0.4, -0.2) is 59.1 Å². The molecule has 0 radical (unpaired) electrons. The molecule has 8 heteroatoms. The van der Waals surface area contributed by atoms with E-state index in [9.17, 15) is 19.2 Å². The minimum atomic E-state index is -0.726. The van der Waals surface area contributed by atoms with Gasteiger partial charge in [-0.1, -0.05) is 27.7 Å². The van der Waals surface area contributed by atoms with Gasteiger partial charge in [0.15, 0.2) is 0 Å². The Bertz CT molecular complexity index is 533. The molecule has 8 nitrogen and oxygen atoms in total. The fraction of sp³-hybridized carbons (Fsp3) is 0.625. The lowest BCUT2D eigenvalue weighted by atomic mass is 10.0. The molecule has 0 N–H and O–H groups in total. The highest BCUT2D eigenvalue weighted by molar-refractivity contribution is 6.06. The maximum absolute atomic E-state index is 12.2. The Labute approximate surface area is 140 Å². The first-order valence-corrected chi connectivity index (χ1v) is 7.92. The van der Waals surface area contributed by atoms with E-state index in [2.05, 4.69) is 0 Å². The monoisotopic (exact) mass is 338 g/mol. The Kier molecular flexibility index (Phi) is 5.26. The van der Waals surface area contributed by atoms with Gasteiger partial charge in [0.1, 0.15) is 13.2 Å². The third-order valence-electron chi connectivity index (χ3n) is 4.19. The van der Waals surface area contributed by atoms with E-state index in [-0.39, 0.29) is 37.1 Å². The van der Waals surface area contributed by atoms with Gasteiger partial charge in [-0.05, 0) is 11.8 Å². The zero-order valence-electron chi connectivity index (χ0n) is 14.2. The Morgan fingerprint density at radius 2 is 1.21 bits per heavy atom. The maximum atomic E-state index is 12.2. The highest BCUT2D eigenvalue weighted by atomic mass is 16.6. The molecular formula is C16H22N2O6. The number of ether oxygens (including phenoxy) is 2. The average Bonchev–Trinajstić information content (AvgIpc) is 3.07. The second-order valence-corrected chi connectivity index (χ2v) is 6.53. The summed E-state index contributed by atoms with van der Waals surface area (Å²) in [4.78, 5) is 49.9. The molecule has 2 fully saturated rings. The Morgan fingerprint density at radius 3 is 1.50 bits per heavy atom. The largest absolute Gasteiger partial charge is 0.447 e. The lowest BCUT2D eigenvalue weighted by Crippen LogP contribution is -2.42. The van der Waals surface area contributed by atoms with E-state index in [0.717, 1.165) is 22.0 Å². The first kappa shape index (κ1) is 18.0. The van der Waals surface area contributed by atoms with Crippen LogP contribution in [0.5, 0.6) is 0 Å². The van der Waals surface area contributed by atoms with Gasteiger partial charge < -0.3 is 9.47 Å². The van der Waals surface area contributed by atoms with Gasteiger partial charge in [-0.25, -0.2) is 19.4 Å². The number of carbonyl (C=O) groups excluding carboxylic acids is 4. The van der Waals surface area contributed by atoms with E-state index in [1.54, 1.807) is 0 Å². The molecular weight excluding hydrogens is 316 g/mol. The highest BCUT2D eigenvalue weighted by Crippen LogP contribution is 2.21. The van der Waals surface area contributed by atoms with Gasteiger partial charge in [0, 0.05) is 12.2 Å². The van der Waals surface area contributed by atoms with E-state index in [1.807, 2.05) is 27.7 Å². The van der Waals surface area contributed by atoms with Gasteiger partial charge >= 0.3 is 12.2 Å². The number of nitrogens with zero attached hydrogens (tertiary/aromatic N) is 2. The van der Waals surface area contributed by atoms with Crippen LogP contribution in [0.2, 0.25) is 0 Å². The predicted molar refractivity (Wildman–Crippen MR) is 82.8 cm³/mol. The zero-order valence-corrected chi connectivity index (χ0v) is 14.2. The maximum Gasteiger partial charge on any atom is 0.417 e. The van der Waals surface area contributed by atoms with Crippen molar-refractivity contribution in [2.24, 2.45) is 11.8 Å². The van der Waals surface area contributed by atoms with E-state index >= 15 is 0 Å². The second-order valence-electron chi connectivity index (χ2n) is 6.53. The summed E-state index contributed by atoms with van der Waals surface area (Å²) in [6.07, 6.45) is 0.536. The number of amides is 4. The topological polar surface area (TPSA) is 93.2 Å². The van der Waals surface area contributed by atoms with Crippen LogP contribution in [-0.2, 0) is 19.1 Å². The SMILES string of the molecule is CC(C)[C@H]1COC(=O)N1C(=O)/C=C/C(=O)N1C(=O)OC[C@@H]1C(C)C. The van der Waals surface area contributed by atoms with Crippen molar-refractivity contribution in [3.63, 3.8) is 0 Å². The predicted octanol–water partition coefficient (Wildman–Crippen LogP) is 1.55. The molecule has 2 heterocycles. The summed E-state index contributed by atoms with van der Waals surface area (Å²) < 4.78 is 9.79. The van der Waals surface area contributed by atoms with Crippen molar-refractivity contribution in [3.05, 3.63) is 12.2 Å². The van der Waals surface area contributed by atoms with E-state index < -0.39 is 24.0 Å². The van der Waals surface area contributed by atoms with Crippen LogP contribution in [0.25, 0.3) is 0 Å². The lowest BCUT2D eigenvalue weighted by molar-refractivity contribution is -0.127. The number of cyclic esters (lactones) is 2. The van der Waals surface area contributed by atoms with Crippen molar-refractivity contribution in [2.45, 2.75) is 39.8 Å². The Hall–Kier alpha value is -2.38. The third-order valence-corrected chi connectivity index (χ3v) is 4.19. The molecule has 2 aliphatic heterocycles. The molecule has 24 heavy (non-hydrogen) atoms. The quantitative estimate of drug-likeness (QED) is 0.722. The molecule has 2 rings (SSSR count). The summed E-state index contributed by atoms with van der Waals surface area (Å²) in [5.74, 6) is -1.22. The van der Waals surface area contributed by atoms with Crippen molar-refractivity contribution in [2.75, 3.05) is 13.2 Å². The molecule has 0 aromatic rings.